The summed E-state index contributed by atoms with van der Waals surface area (Å²) in [5.41, 5.74) is 6.64. The van der Waals surface area contributed by atoms with Crippen LogP contribution in [0.15, 0.2) is 108 Å². The second kappa shape index (κ2) is 21.6. The Bertz CT molecular complexity index is 1660. The average molecular weight is 757 g/mol. The molecule has 0 spiro atoms. The van der Waals surface area contributed by atoms with Gasteiger partial charge < -0.3 is 29.7 Å². The summed E-state index contributed by atoms with van der Waals surface area (Å²) in [7, 11) is 4.10. The van der Waals surface area contributed by atoms with Gasteiger partial charge >= 0.3 is 12.2 Å². The lowest BCUT2D eigenvalue weighted by molar-refractivity contribution is 0.126. The van der Waals surface area contributed by atoms with E-state index >= 15 is 0 Å². The van der Waals surface area contributed by atoms with Crippen molar-refractivity contribution in [1.82, 2.24) is 30.4 Å². The molecular weight excluding hydrogens is 709 g/mol. The number of nitrogens with one attached hydrogen (secondary N) is 2. The quantitative estimate of drug-likeness (QED) is 0.0780. The lowest BCUT2D eigenvalue weighted by Gasteiger charge is -2.32. The molecule has 0 unspecified atom stereocenters. The van der Waals surface area contributed by atoms with Gasteiger partial charge in [-0.05, 0) is 62.2 Å². The third-order valence-electron chi connectivity index (χ3n) is 8.23. The van der Waals surface area contributed by atoms with Crippen LogP contribution in [0.3, 0.4) is 0 Å². The number of hydrogen-bond donors (Lipinski definition) is 2. The van der Waals surface area contributed by atoms with Crippen molar-refractivity contribution < 1.29 is 23.8 Å². The topological polar surface area (TPSA) is 118 Å². The van der Waals surface area contributed by atoms with Crippen LogP contribution in [0, 0.1) is 0 Å². The Hall–Kier alpha value is -4.82. The summed E-state index contributed by atoms with van der Waals surface area (Å²) in [4.78, 5) is 40.7. The molecule has 0 bridgehead atoms. The van der Waals surface area contributed by atoms with Crippen LogP contribution < -0.4 is 15.4 Å². The van der Waals surface area contributed by atoms with Gasteiger partial charge in [0.25, 0.3) is 0 Å². The number of thiazole rings is 2. The highest BCUT2D eigenvalue weighted by Crippen LogP contribution is 2.18. The lowest BCUT2D eigenvalue weighted by atomic mass is 10.0. The summed E-state index contributed by atoms with van der Waals surface area (Å²) in [6.07, 6.45) is 4.47. The van der Waals surface area contributed by atoms with Crippen LogP contribution in [-0.2, 0) is 42.1 Å². The fraction of sp³-hybridized carbons (Fsp3) is 0.350. The largest absolute Gasteiger partial charge is 0.494 e. The zero-order valence-electron chi connectivity index (χ0n) is 30.3. The Morgan fingerprint density at radius 1 is 0.717 bits per heavy atom. The molecule has 53 heavy (non-hydrogen) atoms. The van der Waals surface area contributed by atoms with Crippen LogP contribution in [0.1, 0.15) is 32.9 Å². The van der Waals surface area contributed by atoms with Crippen LogP contribution in [0.4, 0.5) is 9.59 Å². The Kier molecular flexibility index (Phi) is 16.1. The molecule has 3 aromatic carbocycles. The van der Waals surface area contributed by atoms with E-state index < -0.39 is 12.2 Å². The molecule has 2 aromatic heterocycles. The van der Waals surface area contributed by atoms with Crippen molar-refractivity contribution in [2.45, 2.75) is 51.1 Å². The first-order valence-corrected chi connectivity index (χ1v) is 19.4. The van der Waals surface area contributed by atoms with Crippen LogP contribution >= 0.6 is 22.7 Å². The summed E-state index contributed by atoms with van der Waals surface area (Å²) in [6.45, 7) is 3.34. The van der Waals surface area contributed by atoms with Crippen LogP contribution in [-0.4, -0.2) is 84.4 Å². The second-order valence-corrected chi connectivity index (χ2v) is 14.9. The number of aromatic nitrogens is 2. The highest BCUT2D eigenvalue weighted by molar-refractivity contribution is 7.09. The van der Waals surface area contributed by atoms with E-state index in [1.165, 1.54) is 22.7 Å². The molecule has 2 heterocycles. The normalized spacial score (nSPS) is 12.3. The number of hydrogen-bond acceptors (Lipinski definition) is 11. The van der Waals surface area contributed by atoms with Gasteiger partial charge in [-0.25, -0.2) is 9.59 Å². The smallest absolute Gasteiger partial charge is 0.407 e. The van der Waals surface area contributed by atoms with E-state index in [9.17, 15) is 9.59 Å². The third-order valence-corrected chi connectivity index (χ3v) is 9.74. The molecule has 0 fully saturated rings. The minimum absolute atomic E-state index is 0.145. The maximum absolute atomic E-state index is 13.2. The van der Waals surface area contributed by atoms with Crippen LogP contribution in [0.25, 0.3) is 0 Å². The molecule has 2 amide bonds. The minimum atomic E-state index is -0.502. The van der Waals surface area contributed by atoms with E-state index in [-0.39, 0.29) is 25.3 Å². The van der Waals surface area contributed by atoms with Gasteiger partial charge in [0.1, 0.15) is 19.0 Å². The molecule has 0 aliphatic rings. The van der Waals surface area contributed by atoms with E-state index in [2.05, 4.69) is 80.9 Å². The van der Waals surface area contributed by atoms with Gasteiger partial charge in [0.05, 0.1) is 27.4 Å². The van der Waals surface area contributed by atoms with Gasteiger partial charge in [-0.1, -0.05) is 72.8 Å². The molecule has 5 aromatic rings. The fourth-order valence-corrected chi connectivity index (χ4v) is 6.84. The number of amides is 2. The molecule has 0 radical (unpaired) electrons. The van der Waals surface area contributed by atoms with E-state index in [1.54, 1.807) is 23.4 Å². The minimum Gasteiger partial charge on any atom is -0.494 e. The average Bonchev–Trinajstić information content (AvgIpc) is 3.88. The summed E-state index contributed by atoms with van der Waals surface area (Å²) in [5.74, 6) is 0.803. The molecule has 0 aliphatic heterocycles. The Balaban J connectivity index is 1.37. The zero-order valence-corrected chi connectivity index (χ0v) is 31.9. The van der Waals surface area contributed by atoms with Gasteiger partial charge in [-0.15, -0.1) is 22.7 Å². The molecule has 0 aliphatic carbocycles. The predicted octanol–water partition coefficient (Wildman–Crippen LogP) is 6.81. The van der Waals surface area contributed by atoms with Crippen LogP contribution in [0.5, 0.6) is 5.75 Å². The van der Waals surface area contributed by atoms with Gasteiger partial charge in [0.2, 0.25) is 0 Å². The second-order valence-electron chi connectivity index (χ2n) is 13.0. The maximum atomic E-state index is 13.2. The molecule has 11 nitrogen and oxygen atoms in total. The molecule has 0 saturated heterocycles. The summed E-state index contributed by atoms with van der Waals surface area (Å²) in [5, 5.41) is 6.27. The first kappa shape index (κ1) is 39.4. The van der Waals surface area contributed by atoms with Crippen molar-refractivity contribution in [3.05, 3.63) is 135 Å². The van der Waals surface area contributed by atoms with Crippen molar-refractivity contribution >= 4 is 34.9 Å². The molecule has 13 heteroatoms. The molecule has 5 rings (SSSR count). The lowest BCUT2D eigenvalue weighted by Crippen LogP contribution is -2.50. The van der Waals surface area contributed by atoms with Crippen molar-refractivity contribution in [2.24, 2.45) is 0 Å². The number of rotatable bonds is 21. The Morgan fingerprint density at radius 3 is 1.74 bits per heavy atom. The van der Waals surface area contributed by atoms with E-state index in [0.717, 1.165) is 45.2 Å². The molecule has 2 N–H and O–H groups in total. The number of benzene rings is 3. The Labute approximate surface area is 320 Å². The SMILES string of the molecule is CN(C)CCCOc1cccc(CN(C[C@@H](Cc2ccccc2)NC(=O)OCc2cncs2)C[C@H](Cc2ccccc2)NC(=O)OCc2cncs2)c1. The van der Waals surface area contributed by atoms with Crippen molar-refractivity contribution in [3.63, 3.8) is 0 Å². The van der Waals surface area contributed by atoms with Crippen molar-refractivity contribution in [2.75, 3.05) is 40.3 Å². The fourth-order valence-electron chi connectivity index (χ4n) is 5.83. The van der Waals surface area contributed by atoms with Gasteiger partial charge in [0.15, 0.2) is 0 Å². The van der Waals surface area contributed by atoms with Gasteiger partial charge in [-0.3, -0.25) is 14.9 Å². The summed E-state index contributed by atoms with van der Waals surface area (Å²) < 4.78 is 17.3. The van der Waals surface area contributed by atoms with E-state index in [1.807, 2.05) is 48.5 Å². The maximum Gasteiger partial charge on any atom is 0.407 e. The standard InChI is InChI=1S/C40H48N6O5S2/c1-45(2)17-10-18-49-36-16-9-15-33(21-36)24-46(25-34(19-31-11-5-3-6-12-31)43-39(47)50-27-37-22-41-29-52-37)26-35(20-32-13-7-4-8-14-32)44-40(48)51-28-38-23-42-30-53-38/h3-9,11-16,21-23,29-30,34-35H,10,17-20,24-28H2,1-2H3,(H,43,47)(H,44,48)/t34-,35+. The van der Waals surface area contributed by atoms with E-state index in [0.29, 0.717) is 39.1 Å². The summed E-state index contributed by atoms with van der Waals surface area (Å²) in [6, 6.07) is 27.6. The van der Waals surface area contributed by atoms with Crippen molar-refractivity contribution in [1.29, 1.82) is 0 Å². The Morgan fingerprint density at radius 2 is 1.25 bits per heavy atom. The molecular formula is C40H48N6O5S2. The van der Waals surface area contributed by atoms with E-state index in [4.69, 9.17) is 14.2 Å². The predicted molar refractivity (Wildman–Crippen MR) is 209 cm³/mol. The number of ether oxygens (including phenoxy) is 3. The van der Waals surface area contributed by atoms with Gasteiger partial charge in [0, 0.05) is 50.7 Å². The molecule has 0 saturated carbocycles. The summed E-state index contributed by atoms with van der Waals surface area (Å²) >= 11 is 2.87. The zero-order chi connectivity index (χ0) is 37.1. The number of alkyl carbamates (subject to hydrolysis) is 2. The van der Waals surface area contributed by atoms with Gasteiger partial charge in [-0.2, -0.15) is 0 Å². The molecule has 2 atom stereocenters. The van der Waals surface area contributed by atoms with Crippen molar-refractivity contribution in [3.8, 4) is 5.75 Å². The number of carbonyl (C=O) groups excluding carboxylic acids is 2. The first-order chi connectivity index (χ1) is 25.9. The van der Waals surface area contributed by atoms with Crippen LogP contribution in [0.2, 0.25) is 0 Å². The first-order valence-electron chi connectivity index (χ1n) is 17.7. The third kappa shape index (κ3) is 15.0. The molecule has 280 valence electrons. The number of nitrogens with zero attached hydrogens (tertiary/aromatic N) is 4. The number of carbonyl (C=O) groups is 2. The monoisotopic (exact) mass is 756 g/mol. The highest BCUT2D eigenvalue weighted by Gasteiger charge is 2.24. The highest BCUT2D eigenvalue weighted by atomic mass is 32.1.